The molecule has 0 spiro atoms. The highest BCUT2D eigenvalue weighted by Gasteiger charge is 1.93. The molecule has 0 fully saturated rings. The highest BCUT2D eigenvalue weighted by Crippen LogP contribution is 1.99. The third-order valence-corrected chi connectivity index (χ3v) is 0.995. The zero-order chi connectivity index (χ0) is 8.27. The summed E-state index contributed by atoms with van der Waals surface area (Å²) in [5.74, 6) is 0.546. The van der Waals surface area contributed by atoms with Crippen molar-refractivity contribution >= 4 is 11.6 Å². The van der Waals surface area contributed by atoms with E-state index in [0.29, 0.717) is 11.6 Å². The number of aromatic nitrogens is 2. The van der Waals surface area contributed by atoms with Gasteiger partial charge < -0.3 is 5.73 Å². The van der Waals surface area contributed by atoms with Gasteiger partial charge in [0.25, 0.3) is 0 Å². The summed E-state index contributed by atoms with van der Waals surface area (Å²) in [7, 11) is 3.72. The first kappa shape index (κ1) is 7.74. The fourth-order valence-electron chi connectivity index (χ4n) is 0.596. The van der Waals surface area contributed by atoms with Crippen LogP contribution in [-0.2, 0) is 0 Å². The van der Waals surface area contributed by atoms with E-state index in [-0.39, 0.29) is 0 Å². The van der Waals surface area contributed by atoms with Gasteiger partial charge in [-0.15, -0.1) is 0 Å². The van der Waals surface area contributed by atoms with Crippen LogP contribution < -0.4 is 11.2 Å². The number of hydrogen-bond donors (Lipinski definition) is 2. The van der Waals surface area contributed by atoms with E-state index in [9.17, 15) is 0 Å². The van der Waals surface area contributed by atoms with Crippen molar-refractivity contribution in [3.8, 4) is 0 Å². The molecule has 0 saturated carbocycles. The largest absolute Gasteiger partial charge is 0.396 e. The zero-order valence-electron chi connectivity index (χ0n) is 6.57. The molecule has 0 saturated heterocycles. The maximum atomic E-state index is 5.39. The van der Waals surface area contributed by atoms with Crippen molar-refractivity contribution in [1.29, 1.82) is 0 Å². The van der Waals surface area contributed by atoms with E-state index < -0.39 is 0 Å². The number of hydrogen-bond acceptors (Lipinski definition) is 5. The lowest BCUT2D eigenvalue weighted by atomic mass is 10.6. The first-order valence-electron chi connectivity index (χ1n) is 3.20. The Bertz CT molecular complexity index is 217. The van der Waals surface area contributed by atoms with Crippen molar-refractivity contribution in [1.82, 2.24) is 15.0 Å². The number of nitrogens with zero attached hydrogens (tertiary/aromatic N) is 3. The molecule has 0 aliphatic carbocycles. The summed E-state index contributed by atoms with van der Waals surface area (Å²) < 4.78 is 0. The van der Waals surface area contributed by atoms with Crippen molar-refractivity contribution < 1.29 is 0 Å². The van der Waals surface area contributed by atoms with Crippen LogP contribution >= 0.6 is 0 Å². The predicted molar refractivity (Wildman–Crippen MR) is 43.8 cm³/mol. The van der Waals surface area contributed by atoms with E-state index in [2.05, 4.69) is 15.4 Å². The van der Waals surface area contributed by atoms with Gasteiger partial charge in [0.15, 0.2) is 0 Å². The molecule has 60 valence electrons. The molecule has 0 radical (unpaired) electrons. The molecule has 0 atom stereocenters. The van der Waals surface area contributed by atoms with Crippen molar-refractivity contribution in [2.24, 2.45) is 0 Å². The second-order valence-electron chi connectivity index (χ2n) is 2.35. The molecule has 5 heteroatoms. The zero-order valence-corrected chi connectivity index (χ0v) is 6.57. The predicted octanol–water partition coefficient (Wildman–Crippen LogP) is -0.0527. The number of rotatable bonds is 2. The van der Waals surface area contributed by atoms with E-state index in [1.54, 1.807) is 17.4 Å². The summed E-state index contributed by atoms with van der Waals surface area (Å²) in [6.07, 6.45) is 3.11. The third-order valence-electron chi connectivity index (χ3n) is 0.995. The molecule has 0 aliphatic heterocycles. The molecule has 1 rings (SSSR count). The highest BCUT2D eigenvalue weighted by molar-refractivity contribution is 5.35. The summed E-state index contributed by atoms with van der Waals surface area (Å²) >= 11 is 0. The molecule has 3 N–H and O–H groups in total. The standard InChI is InChI=1S/C6H11N5/c1-11(2)10-6-8-3-5(7)4-9-6/h3-4H,7H2,1-2H3,(H,8,9,10). The summed E-state index contributed by atoms with van der Waals surface area (Å²) in [6, 6.07) is 0. The van der Waals surface area contributed by atoms with E-state index in [1.165, 1.54) is 0 Å². The van der Waals surface area contributed by atoms with Crippen LogP contribution in [0.1, 0.15) is 0 Å². The van der Waals surface area contributed by atoms with Gasteiger partial charge >= 0.3 is 0 Å². The summed E-state index contributed by atoms with van der Waals surface area (Å²) in [6.45, 7) is 0. The van der Waals surface area contributed by atoms with Crippen LogP contribution in [0.15, 0.2) is 12.4 Å². The average molecular weight is 153 g/mol. The van der Waals surface area contributed by atoms with Crippen LogP contribution in [-0.4, -0.2) is 29.1 Å². The summed E-state index contributed by atoms with van der Waals surface area (Å²) in [5.41, 5.74) is 8.84. The molecule has 0 unspecified atom stereocenters. The number of anilines is 2. The van der Waals surface area contributed by atoms with Crippen molar-refractivity contribution in [3.63, 3.8) is 0 Å². The maximum Gasteiger partial charge on any atom is 0.237 e. The number of nitrogen functional groups attached to an aromatic ring is 1. The van der Waals surface area contributed by atoms with Crippen LogP contribution in [0, 0.1) is 0 Å². The molecule has 0 amide bonds. The summed E-state index contributed by atoms with van der Waals surface area (Å²) in [5, 5.41) is 1.76. The normalized spacial score (nSPS) is 10.1. The van der Waals surface area contributed by atoms with Gasteiger partial charge in [-0.2, -0.15) is 0 Å². The Morgan fingerprint density at radius 1 is 1.36 bits per heavy atom. The molecular formula is C6H11N5. The third kappa shape index (κ3) is 2.38. The molecule has 0 aromatic carbocycles. The fraction of sp³-hybridized carbons (Fsp3) is 0.333. The van der Waals surface area contributed by atoms with E-state index in [4.69, 9.17) is 5.73 Å². The van der Waals surface area contributed by atoms with E-state index >= 15 is 0 Å². The lowest BCUT2D eigenvalue weighted by Gasteiger charge is -2.10. The first-order chi connectivity index (χ1) is 5.18. The molecule has 1 heterocycles. The first-order valence-corrected chi connectivity index (χ1v) is 3.20. The van der Waals surface area contributed by atoms with Gasteiger partial charge in [0, 0.05) is 14.1 Å². The Kier molecular flexibility index (Phi) is 2.22. The number of nitrogens with one attached hydrogen (secondary N) is 1. The minimum absolute atomic E-state index is 0.546. The molecule has 0 bridgehead atoms. The monoisotopic (exact) mass is 153 g/mol. The average Bonchev–Trinajstić information content (AvgIpc) is 1.93. The molecule has 1 aromatic heterocycles. The van der Waals surface area contributed by atoms with Gasteiger partial charge in [-0.1, -0.05) is 0 Å². The highest BCUT2D eigenvalue weighted by atomic mass is 15.5. The smallest absolute Gasteiger partial charge is 0.237 e. The molecule has 11 heavy (non-hydrogen) atoms. The quantitative estimate of drug-likeness (QED) is 0.583. The molecule has 5 nitrogen and oxygen atoms in total. The van der Waals surface area contributed by atoms with Crippen LogP contribution in [0.4, 0.5) is 11.6 Å². The van der Waals surface area contributed by atoms with Crippen molar-refractivity contribution in [2.45, 2.75) is 0 Å². The molecule has 0 aliphatic rings. The van der Waals surface area contributed by atoms with Gasteiger partial charge in [0.1, 0.15) is 0 Å². The lowest BCUT2D eigenvalue weighted by molar-refractivity contribution is 0.489. The fourth-order valence-corrected chi connectivity index (χ4v) is 0.596. The lowest BCUT2D eigenvalue weighted by Crippen LogP contribution is -2.21. The Labute approximate surface area is 65.2 Å². The van der Waals surface area contributed by atoms with Gasteiger partial charge in [-0.05, 0) is 0 Å². The molecular weight excluding hydrogens is 142 g/mol. The number of hydrazine groups is 1. The van der Waals surface area contributed by atoms with Gasteiger partial charge in [-0.25, -0.2) is 15.0 Å². The minimum Gasteiger partial charge on any atom is -0.396 e. The van der Waals surface area contributed by atoms with Gasteiger partial charge in [0.2, 0.25) is 5.95 Å². The Morgan fingerprint density at radius 3 is 2.36 bits per heavy atom. The number of nitrogens with two attached hydrogens (primary N) is 1. The summed E-state index contributed by atoms with van der Waals surface area (Å²) in [4.78, 5) is 7.86. The minimum atomic E-state index is 0.546. The van der Waals surface area contributed by atoms with Gasteiger partial charge in [0.05, 0.1) is 18.1 Å². The Hall–Kier alpha value is -1.36. The maximum absolute atomic E-state index is 5.39. The van der Waals surface area contributed by atoms with Crippen molar-refractivity contribution in [3.05, 3.63) is 12.4 Å². The SMILES string of the molecule is CN(C)Nc1ncc(N)cn1. The van der Waals surface area contributed by atoms with Crippen molar-refractivity contribution in [2.75, 3.05) is 25.3 Å². The van der Waals surface area contributed by atoms with Gasteiger partial charge in [-0.3, -0.25) is 5.43 Å². The Balaban J connectivity index is 2.66. The van der Waals surface area contributed by atoms with E-state index in [1.807, 2.05) is 14.1 Å². The second kappa shape index (κ2) is 3.16. The van der Waals surface area contributed by atoms with E-state index in [0.717, 1.165) is 0 Å². The van der Waals surface area contributed by atoms with Crippen LogP contribution in [0.25, 0.3) is 0 Å². The second-order valence-corrected chi connectivity index (χ2v) is 2.35. The Morgan fingerprint density at radius 2 is 1.91 bits per heavy atom. The topological polar surface area (TPSA) is 67.1 Å². The van der Waals surface area contributed by atoms with Crippen LogP contribution in [0.2, 0.25) is 0 Å². The van der Waals surface area contributed by atoms with Crippen LogP contribution in [0.5, 0.6) is 0 Å². The van der Waals surface area contributed by atoms with Crippen LogP contribution in [0.3, 0.4) is 0 Å². The molecule has 1 aromatic rings.